The minimum Gasteiger partial charge on any atom is -0.336 e. The van der Waals surface area contributed by atoms with Gasteiger partial charge in [-0.2, -0.15) is 0 Å². The normalized spacial score (nSPS) is 20.2. The zero-order chi connectivity index (χ0) is 18.7. The second-order valence-electron chi connectivity index (χ2n) is 6.94. The number of aromatic nitrogens is 4. The lowest BCUT2D eigenvalue weighted by Gasteiger charge is -2.23. The first-order valence-electron chi connectivity index (χ1n) is 9.40. The predicted molar refractivity (Wildman–Crippen MR) is 98.3 cm³/mol. The summed E-state index contributed by atoms with van der Waals surface area (Å²) >= 11 is 0. The Morgan fingerprint density at radius 1 is 1.12 bits per heavy atom. The number of nitrogens with zero attached hydrogens (tertiary/aromatic N) is 4. The molecule has 0 radical (unpaired) electrons. The molecular weight excluding hydrogens is 334 g/mol. The lowest BCUT2D eigenvalue weighted by Crippen LogP contribution is -2.40. The molecule has 0 saturated heterocycles. The predicted octanol–water partition coefficient (Wildman–Crippen LogP) is 2.07. The highest BCUT2D eigenvalue weighted by molar-refractivity contribution is 5.70. The van der Waals surface area contributed by atoms with Crippen LogP contribution in [0.25, 0.3) is 11.2 Å². The molecule has 0 bridgehead atoms. The molecule has 0 unspecified atom stereocenters. The van der Waals surface area contributed by atoms with Crippen LogP contribution >= 0.6 is 0 Å². The van der Waals surface area contributed by atoms with E-state index in [0.717, 1.165) is 44.3 Å². The minimum absolute atomic E-state index is 0.0354. The van der Waals surface area contributed by atoms with Crippen molar-refractivity contribution in [2.45, 2.75) is 77.4 Å². The molecule has 0 atom stereocenters. The molecule has 26 heavy (non-hydrogen) atoms. The standard InChI is InChI=1S/C18H25N5O3/c1-3-9-22-16-14(17(25)23(10-4-2)18(22)26)20-15(21-16)12-5-7-13(8-6-12)19-11-24/h12-13H,3-10H2,1-2H3,(H,20,21)/t12-,13-. The molecule has 1 aliphatic rings. The van der Waals surface area contributed by atoms with Crippen molar-refractivity contribution in [2.24, 2.45) is 4.99 Å². The Morgan fingerprint density at radius 2 is 1.77 bits per heavy atom. The molecule has 0 aromatic carbocycles. The van der Waals surface area contributed by atoms with Crippen molar-refractivity contribution in [3.05, 3.63) is 26.7 Å². The maximum absolute atomic E-state index is 12.7. The molecule has 2 aromatic heterocycles. The second kappa shape index (κ2) is 7.83. The average molecular weight is 359 g/mol. The summed E-state index contributed by atoms with van der Waals surface area (Å²) in [5.74, 6) is 0.939. The van der Waals surface area contributed by atoms with Crippen LogP contribution < -0.4 is 11.2 Å². The highest BCUT2D eigenvalue weighted by Crippen LogP contribution is 2.33. The van der Waals surface area contributed by atoms with Gasteiger partial charge in [-0.05, 0) is 38.5 Å². The Kier molecular flexibility index (Phi) is 5.52. The first kappa shape index (κ1) is 18.3. The molecule has 2 aromatic rings. The maximum Gasteiger partial charge on any atom is 0.332 e. The maximum atomic E-state index is 12.7. The highest BCUT2D eigenvalue weighted by atomic mass is 16.2. The summed E-state index contributed by atoms with van der Waals surface area (Å²) < 4.78 is 2.91. The number of aryl methyl sites for hydroxylation is 1. The Morgan fingerprint density at radius 3 is 2.38 bits per heavy atom. The first-order valence-corrected chi connectivity index (χ1v) is 9.40. The van der Waals surface area contributed by atoms with Crippen molar-refractivity contribution < 1.29 is 4.79 Å². The van der Waals surface area contributed by atoms with Gasteiger partial charge in [0.1, 0.15) is 11.3 Å². The van der Waals surface area contributed by atoms with Crippen LogP contribution in [0, 0.1) is 0 Å². The fourth-order valence-corrected chi connectivity index (χ4v) is 3.78. The molecule has 0 aliphatic heterocycles. The van der Waals surface area contributed by atoms with Crippen LogP contribution in [-0.4, -0.2) is 31.2 Å². The van der Waals surface area contributed by atoms with Crippen LogP contribution in [-0.2, 0) is 17.9 Å². The van der Waals surface area contributed by atoms with Gasteiger partial charge in [0.05, 0.1) is 6.04 Å². The van der Waals surface area contributed by atoms with Crippen molar-refractivity contribution >= 4 is 17.2 Å². The third-order valence-electron chi connectivity index (χ3n) is 5.09. The number of hydrogen-bond acceptors (Lipinski definition) is 5. The third-order valence-corrected chi connectivity index (χ3v) is 5.09. The molecule has 1 saturated carbocycles. The zero-order valence-electron chi connectivity index (χ0n) is 15.3. The fourth-order valence-electron chi connectivity index (χ4n) is 3.78. The smallest absolute Gasteiger partial charge is 0.332 e. The Bertz CT molecular complexity index is 940. The molecule has 0 amide bonds. The van der Waals surface area contributed by atoms with Crippen LogP contribution in [0.4, 0.5) is 0 Å². The van der Waals surface area contributed by atoms with Crippen molar-refractivity contribution in [1.29, 1.82) is 0 Å². The summed E-state index contributed by atoms with van der Waals surface area (Å²) in [5, 5.41) is 0. The van der Waals surface area contributed by atoms with E-state index in [-0.39, 0.29) is 23.2 Å². The van der Waals surface area contributed by atoms with Crippen molar-refractivity contribution in [2.75, 3.05) is 0 Å². The van der Waals surface area contributed by atoms with E-state index >= 15 is 0 Å². The number of aliphatic imine (C=N–C) groups is 1. The SMILES string of the molecule is CCCn1c(=O)c2[nH]c([C@H]3CC[C@H](N=C=O)CC3)nc2n(CCC)c1=O. The van der Waals surface area contributed by atoms with Crippen molar-refractivity contribution in [3.63, 3.8) is 0 Å². The summed E-state index contributed by atoms with van der Waals surface area (Å²) in [5.41, 5.74) is 0.289. The van der Waals surface area contributed by atoms with Crippen molar-refractivity contribution in [3.8, 4) is 0 Å². The number of hydrogen-bond donors (Lipinski definition) is 1. The molecule has 140 valence electrons. The quantitative estimate of drug-likeness (QED) is 0.630. The number of nitrogens with one attached hydrogen (secondary N) is 1. The first-order chi connectivity index (χ1) is 12.6. The summed E-state index contributed by atoms with van der Waals surface area (Å²) in [6.07, 6.45) is 6.44. The molecule has 2 heterocycles. The zero-order valence-corrected chi connectivity index (χ0v) is 15.3. The summed E-state index contributed by atoms with van der Waals surface area (Å²) in [6.45, 7) is 4.87. The summed E-state index contributed by atoms with van der Waals surface area (Å²) in [6, 6.07) is 0.0354. The molecular formula is C18H25N5O3. The fraction of sp³-hybridized carbons (Fsp3) is 0.667. The van der Waals surface area contributed by atoms with Gasteiger partial charge in [0.15, 0.2) is 5.65 Å². The number of carbonyl (C=O) groups excluding carboxylic acids is 1. The average Bonchev–Trinajstić information content (AvgIpc) is 3.08. The third kappa shape index (κ3) is 3.29. The Hall–Kier alpha value is -2.47. The Labute approximate surface area is 151 Å². The molecule has 8 heteroatoms. The van der Waals surface area contributed by atoms with Crippen LogP contribution in [0.15, 0.2) is 14.6 Å². The summed E-state index contributed by atoms with van der Waals surface area (Å²) in [7, 11) is 0. The van der Waals surface area contributed by atoms with E-state index < -0.39 is 0 Å². The topological polar surface area (TPSA) is 102 Å². The Balaban J connectivity index is 2.04. The van der Waals surface area contributed by atoms with E-state index in [0.29, 0.717) is 24.3 Å². The van der Waals surface area contributed by atoms with Crippen molar-refractivity contribution in [1.82, 2.24) is 19.1 Å². The van der Waals surface area contributed by atoms with Gasteiger partial charge in [0, 0.05) is 19.0 Å². The number of imidazole rings is 1. The van der Waals surface area contributed by atoms with Crippen LogP contribution in [0.1, 0.15) is 64.1 Å². The molecule has 0 spiro atoms. The molecule has 8 nitrogen and oxygen atoms in total. The van der Waals surface area contributed by atoms with E-state index in [9.17, 15) is 14.4 Å². The monoisotopic (exact) mass is 359 g/mol. The van der Waals surface area contributed by atoms with Crippen LogP contribution in [0.5, 0.6) is 0 Å². The minimum atomic E-state index is -0.294. The van der Waals surface area contributed by atoms with Gasteiger partial charge in [-0.1, -0.05) is 13.8 Å². The lowest BCUT2D eigenvalue weighted by atomic mass is 9.86. The van der Waals surface area contributed by atoms with Gasteiger partial charge < -0.3 is 4.98 Å². The van der Waals surface area contributed by atoms with E-state index in [2.05, 4.69) is 15.0 Å². The van der Waals surface area contributed by atoms with Gasteiger partial charge in [0.2, 0.25) is 6.08 Å². The van der Waals surface area contributed by atoms with E-state index in [1.165, 1.54) is 4.57 Å². The van der Waals surface area contributed by atoms with Gasteiger partial charge in [0.25, 0.3) is 5.56 Å². The number of isocyanates is 1. The highest BCUT2D eigenvalue weighted by Gasteiger charge is 2.26. The molecule has 1 aliphatic carbocycles. The van der Waals surface area contributed by atoms with Gasteiger partial charge in [-0.15, -0.1) is 0 Å². The van der Waals surface area contributed by atoms with E-state index in [1.54, 1.807) is 10.6 Å². The number of H-pyrrole nitrogens is 1. The van der Waals surface area contributed by atoms with Gasteiger partial charge in [-0.3, -0.25) is 13.9 Å². The van der Waals surface area contributed by atoms with E-state index in [4.69, 9.17) is 0 Å². The van der Waals surface area contributed by atoms with E-state index in [1.807, 2.05) is 13.8 Å². The lowest BCUT2D eigenvalue weighted by molar-refractivity contribution is 0.386. The van der Waals surface area contributed by atoms with Crippen LogP contribution in [0.2, 0.25) is 0 Å². The molecule has 1 N–H and O–H groups in total. The van der Waals surface area contributed by atoms with Crippen LogP contribution in [0.3, 0.4) is 0 Å². The number of fused-ring (bicyclic) bond motifs is 1. The number of rotatable bonds is 6. The largest absolute Gasteiger partial charge is 0.336 e. The summed E-state index contributed by atoms with van der Waals surface area (Å²) in [4.78, 5) is 47.5. The number of aromatic amines is 1. The second-order valence-corrected chi connectivity index (χ2v) is 6.94. The van der Waals surface area contributed by atoms with Gasteiger partial charge in [-0.25, -0.2) is 19.6 Å². The molecule has 1 fully saturated rings. The molecule has 3 rings (SSSR count). The van der Waals surface area contributed by atoms with Gasteiger partial charge >= 0.3 is 5.69 Å².